The Bertz CT molecular complexity index is 1110. The van der Waals surface area contributed by atoms with Crippen LogP contribution in [0, 0.1) is 17.5 Å². The molecular formula is C24H20F3NO4. The molecular weight excluding hydrogens is 423 g/mol. The van der Waals surface area contributed by atoms with Crippen molar-refractivity contribution in [1.29, 1.82) is 0 Å². The number of aliphatic hydroxyl groups is 2. The summed E-state index contributed by atoms with van der Waals surface area (Å²) in [7, 11) is 0. The van der Waals surface area contributed by atoms with Crippen LogP contribution >= 0.6 is 0 Å². The first-order valence-electron chi connectivity index (χ1n) is 9.97. The molecule has 8 heteroatoms. The molecule has 0 saturated carbocycles. The second-order valence-corrected chi connectivity index (χ2v) is 7.48. The summed E-state index contributed by atoms with van der Waals surface area (Å²) < 4.78 is 45.5. The average molecular weight is 443 g/mol. The SMILES string of the molecule is O=C(NCC(O)C(O)c1ccc(F)c(F)c1F)OCC1c2ccccc2-c2ccccc21. The molecule has 3 N–H and O–H groups in total. The molecule has 0 heterocycles. The van der Waals surface area contributed by atoms with Crippen LogP contribution in [0.5, 0.6) is 0 Å². The van der Waals surface area contributed by atoms with Crippen LogP contribution in [0.25, 0.3) is 11.1 Å². The molecule has 1 aliphatic rings. The number of carbonyl (C=O) groups excluding carboxylic acids is 1. The largest absolute Gasteiger partial charge is 0.449 e. The molecule has 5 nitrogen and oxygen atoms in total. The molecule has 0 spiro atoms. The summed E-state index contributed by atoms with van der Waals surface area (Å²) in [5, 5.41) is 22.4. The summed E-state index contributed by atoms with van der Waals surface area (Å²) in [6.45, 7) is -0.438. The van der Waals surface area contributed by atoms with Gasteiger partial charge in [0.05, 0.1) is 0 Å². The molecule has 0 bridgehead atoms. The molecule has 3 aromatic rings. The Morgan fingerprint density at radius 1 is 0.906 bits per heavy atom. The number of rotatable bonds is 6. The van der Waals surface area contributed by atoms with Gasteiger partial charge in [0.15, 0.2) is 17.5 Å². The van der Waals surface area contributed by atoms with Crippen LogP contribution in [0.1, 0.15) is 28.7 Å². The normalized spacial score (nSPS) is 14.4. The molecule has 1 amide bonds. The van der Waals surface area contributed by atoms with Gasteiger partial charge in [0.1, 0.15) is 18.8 Å². The van der Waals surface area contributed by atoms with E-state index < -0.39 is 47.9 Å². The molecule has 32 heavy (non-hydrogen) atoms. The molecule has 0 saturated heterocycles. The first-order valence-corrected chi connectivity index (χ1v) is 9.97. The number of halogens is 3. The third kappa shape index (κ3) is 4.06. The Balaban J connectivity index is 1.36. The summed E-state index contributed by atoms with van der Waals surface area (Å²) in [5.41, 5.74) is 3.59. The van der Waals surface area contributed by atoms with Gasteiger partial charge in [-0.3, -0.25) is 0 Å². The van der Waals surface area contributed by atoms with Crippen LogP contribution < -0.4 is 5.32 Å². The topological polar surface area (TPSA) is 78.8 Å². The Kier molecular flexibility index (Phi) is 6.16. The maximum absolute atomic E-state index is 13.8. The number of amides is 1. The van der Waals surface area contributed by atoms with Gasteiger partial charge >= 0.3 is 6.09 Å². The van der Waals surface area contributed by atoms with Gasteiger partial charge in [-0.1, -0.05) is 54.6 Å². The highest BCUT2D eigenvalue weighted by Gasteiger charge is 2.29. The lowest BCUT2D eigenvalue weighted by molar-refractivity contribution is 0.0161. The van der Waals surface area contributed by atoms with Crippen LogP contribution in [-0.2, 0) is 4.74 Å². The fraction of sp³-hybridized carbons (Fsp3) is 0.208. The summed E-state index contributed by atoms with van der Waals surface area (Å²) in [4.78, 5) is 12.1. The minimum Gasteiger partial charge on any atom is -0.449 e. The monoisotopic (exact) mass is 443 g/mol. The maximum Gasteiger partial charge on any atom is 0.407 e. The Hall–Kier alpha value is -3.36. The Labute approximate surface area is 182 Å². The van der Waals surface area contributed by atoms with E-state index in [1.807, 2.05) is 48.5 Å². The highest BCUT2D eigenvalue weighted by atomic mass is 19.2. The molecule has 0 aliphatic heterocycles. The number of ether oxygens (including phenoxy) is 1. The molecule has 0 radical (unpaired) electrons. The zero-order valence-electron chi connectivity index (χ0n) is 16.8. The maximum atomic E-state index is 13.8. The highest BCUT2D eigenvalue weighted by molar-refractivity contribution is 5.79. The number of hydrogen-bond donors (Lipinski definition) is 3. The Morgan fingerprint density at radius 2 is 1.50 bits per heavy atom. The number of carbonyl (C=O) groups is 1. The van der Waals surface area contributed by atoms with E-state index in [9.17, 15) is 28.2 Å². The Morgan fingerprint density at radius 3 is 2.12 bits per heavy atom. The van der Waals surface area contributed by atoms with Gasteiger partial charge in [0, 0.05) is 18.0 Å². The predicted octanol–water partition coefficient (Wildman–Crippen LogP) is 4.04. The summed E-state index contributed by atoms with van der Waals surface area (Å²) in [6.07, 6.45) is -4.39. The van der Waals surface area contributed by atoms with Crippen molar-refractivity contribution in [2.45, 2.75) is 18.1 Å². The minimum absolute atomic E-state index is 0.0519. The summed E-state index contributed by atoms with van der Waals surface area (Å²) >= 11 is 0. The van der Waals surface area contributed by atoms with E-state index >= 15 is 0 Å². The lowest BCUT2D eigenvalue weighted by atomic mass is 9.98. The summed E-state index contributed by atoms with van der Waals surface area (Å²) in [6, 6.07) is 17.1. The molecule has 0 aromatic heterocycles. The van der Waals surface area contributed by atoms with Gasteiger partial charge in [0.25, 0.3) is 0 Å². The molecule has 4 rings (SSSR count). The van der Waals surface area contributed by atoms with Crippen molar-refractivity contribution in [1.82, 2.24) is 5.32 Å². The quantitative estimate of drug-likeness (QED) is 0.503. The van der Waals surface area contributed by atoms with Crippen molar-refractivity contribution in [2.75, 3.05) is 13.2 Å². The zero-order valence-corrected chi connectivity index (χ0v) is 16.8. The second-order valence-electron chi connectivity index (χ2n) is 7.48. The number of aliphatic hydroxyl groups excluding tert-OH is 2. The number of nitrogens with one attached hydrogen (secondary N) is 1. The fourth-order valence-electron chi connectivity index (χ4n) is 3.93. The van der Waals surface area contributed by atoms with Gasteiger partial charge in [-0.05, 0) is 28.3 Å². The van der Waals surface area contributed by atoms with Crippen LogP contribution in [0.4, 0.5) is 18.0 Å². The lowest BCUT2D eigenvalue weighted by Gasteiger charge is -2.20. The minimum atomic E-state index is -1.88. The zero-order chi connectivity index (χ0) is 22.8. The van der Waals surface area contributed by atoms with Crippen molar-refractivity contribution in [3.8, 4) is 11.1 Å². The van der Waals surface area contributed by atoms with Crippen molar-refractivity contribution >= 4 is 6.09 Å². The number of alkyl carbamates (subject to hydrolysis) is 1. The standard InChI is InChI=1S/C24H20F3NO4/c25-19-10-9-17(21(26)22(19)27)23(30)20(29)11-28-24(31)32-12-18-15-7-3-1-5-13(15)14-6-2-4-8-16(14)18/h1-10,18,20,23,29-30H,11-12H2,(H,28,31). The van der Waals surface area contributed by atoms with E-state index in [-0.39, 0.29) is 12.5 Å². The van der Waals surface area contributed by atoms with Crippen LogP contribution in [0.2, 0.25) is 0 Å². The second kappa shape index (κ2) is 9.02. The predicted molar refractivity (Wildman–Crippen MR) is 110 cm³/mol. The van der Waals surface area contributed by atoms with Crippen molar-refractivity contribution in [3.05, 3.63) is 94.8 Å². The van der Waals surface area contributed by atoms with E-state index in [0.717, 1.165) is 28.3 Å². The van der Waals surface area contributed by atoms with Gasteiger partial charge in [-0.25, -0.2) is 18.0 Å². The van der Waals surface area contributed by atoms with Crippen molar-refractivity contribution in [3.63, 3.8) is 0 Å². The van der Waals surface area contributed by atoms with E-state index in [0.29, 0.717) is 6.07 Å². The molecule has 1 aliphatic carbocycles. The van der Waals surface area contributed by atoms with Gasteiger partial charge < -0.3 is 20.3 Å². The summed E-state index contributed by atoms with van der Waals surface area (Å²) in [5.74, 6) is -4.92. The third-order valence-electron chi connectivity index (χ3n) is 5.55. The van der Waals surface area contributed by atoms with Crippen LogP contribution in [0.3, 0.4) is 0 Å². The first kappa shape index (κ1) is 21.9. The number of hydrogen-bond acceptors (Lipinski definition) is 4. The average Bonchev–Trinajstić information content (AvgIpc) is 3.13. The number of fused-ring (bicyclic) bond motifs is 3. The van der Waals surface area contributed by atoms with Crippen molar-refractivity contribution < 1.29 is 32.9 Å². The molecule has 3 aromatic carbocycles. The smallest absolute Gasteiger partial charge is 0.407 e. The van der Waals surface area contributed by atoms with Crippen molar-refractivity contribution in [2.24, 2.45) is 0 Å². The first-order chi connectivity index (χ1) is 15.4. The van der Waals surface area contributed by atoms with Gasteiger partial charge in [-0.15, -0.1) is 0 Å². The van der Waals surface area contributed by atoms with E-state index in [1.165, 1.54) is 0 Å². The van der Waals surface area contributed by atoms with Gasteiger partial charge in [-0.2, -0.15) is 0 Å². The van der Waals surface area contributed by atoms with Gasteiger partial charge in [0.2, 0.25) is 0 Å². The lowest BCUT2D eigenvalue weighted by Crippen LogP contribution is -2.36. The highest BCUT2D eigenvalue weighted by Crippen LogP contribution is 2.44. The number of benzene rings is 3. The van der Waals surface area contributed by atoms with E-state index in [1.54, 1.807) is 0 Å². The third-order valence-corrected chi connectivity index (χ3v) is 5.55. The molecule has 2 unspecified atom stereocenters. The fourth-order valence-corrected chi connectivity index (χ4v) is 3.93. The van der Waals surface area contributed by atoms with E-state index in [2.05, 4.69) is 5.32 Å². The van der Waals surface area contributed by atoms with Crippen LogP contribution in [-0.4, -0.2) is 35.6 Å². The molecule has 2 atom stereocenters. The van der Waals surface area contributed by atoms with E-state index in [4.69, 9.17) is 4.74 Å². The van der Waals surface area contributed by atoms with Crippen LogP contribution in [0.15, 0.2) is 60.7 Å². The molecule has 0 fully saturated rings. The molecule has 166 valence electrons.